The number of carbonyl (C=O) groups excluding carboxylic acids is 2. The number of hydrogen-bond acceptors (Lipinski definition) is 5. The minimum atomic E-state index is -0.592. The third-order valence-electron chi connectivity index (χ3n) is 5.37. The van der Waals surface area contributed by atoms with E-state index >= 15 is 0 Å². The molecule has 2 N–H and O–H groups in total. The minimum absolute atomic E-state index is 0.0938. The molecule has 0 radical (unpaired) electrons. The molecule has 178 valence electrons. The second kappa shape index (κ2) is 9.41. The molecule has 33 heavy (non-hydrogen) atoms. The normalized spacial score (nSPS) is 15.0. The van der Waals surface area contributed by atoms with E-state index in [0.29, 0.717) is 24.6 Å². The van der Waals surface area contributed by atoms with Crippen molar-refractivity contribution in [1.82, 2.24) is 15.6 Å². The van der Waals surface area contributed by atoms with Crippen LogP contribution in [0.3, 0.4) is 0 Å². The van der Waals surface area contributed by atoms with Gasteiger partial charge in [-0.25, -0.2) is 4.79 Å². The summed E-state index contributed by atoms with van der Waals surface area (Å²) < 4.78 is 11.6. The molecule has 0 saturated heterocycles. The summed E-state index contributed by atoms with van der Waals surface area (Å²) >= 11 is 0. The Morgan fingerprint density at radius 3 is 2.58 bits per heavy atom. The number of amides is 2. The van der Waals surface area contributed by atoms with E-state index in [0.717, 1.165) is 34.6 Å². The lowest BCUT2D eigenvalue weighted by atomic mass is 9.91. The maximum atomic E-state index is 12.4. The summed E-state index contributed by atoms with van der Waals surface area (Å²) in [5.41, 5.74) is 2.99. The number of pyridine rings is 1. The average molecular weight is 454 g/mol. The van der Waals surface area contributed by atoms with E-state index in [1.807, 2.05) is 58.9 Å². The summed E-state index contributed by atoms with van der Waals surface area (Å²) in [7, 11) is 0. The number of nitrogens with zero attached hydrogens (tertiary/aromatic N) is 1. The zero-order valence-electron chi connectivity index (χ0n) is 20.7. The largest absolute Gasteiger partial charge is 0.491 e. The van der Waals surface area contributed by atoms with E-state index in [9.17, 15) is 9.59 Å². The van der Waals surface area contributed by atoms with E-state index in [4.69, 9.17) is 9.47 Å². The second-order valence-electron chi connectivity index (χ2n) is 10.4. The Kier molecular flexibility index (Phi) is 7.00. The monoisotopic (exact) mass is 453 g/mol. The van der Waals surface area contributed by atoms with Crippen LogP contribution < -0.4 is 15.4 Å². The molecule has 0 bridgehead atoms. The van der Waals surface area contributed by atoms with Gasteiger partial charge in [0.25, 0.3) is 5.91 Å². The van der Waals surface area contributed by atoms with Crippen molar-refractivity contribution in [2.24, 2.45) is 5.92 Å². The van der Waals surface area contributed by atoms with Crippen LogP contribution in [0.2, 0.25) is 0 Å². The molecule has 3 rings (SSSR count). The molecule has 2 amide bonds. The fraction of sp³-hybridized carbons (Fsp3) is 0.500. The lowest BCUT2D eigenvalue weighted by Gasteiger charge is -2.33. The van der Waals surface area contributed by atoms with E-state index in [1.54, 1.807) is 6.20 Å². The lowest BCUT2D eigenvalue weighted by Crippen LogP contribution is -2.52. The first-order chi connectivity index (χ1) is 15.4. The highest BCUT2D eigenvalue weighted by Gasteiger charge is 2.31. The first-order valence-corrected chi connectivity index (χ1v) is 11.4. The van der Waals surface area contributed by atoms with Gasteiger partial charge < -0.3 is 20.1 Å². The van der Waals surface area contributed by atoms with Crippen LogP contribution in [0.5, 0.6) is 5.75 Å². The Balaban J connectivity index is 1.77. The van der Waals surface area contributed by atoms with Crippen LogP contribution >= 0.6 is 0 Å². The Morgan fingerprint density at radius 1 is 1.21 bits per heavy atom. The predicted octanol–water partition coefficient (Wildman–Crippen LogP) is 5.01. The van der Waals surface area contributed by atoms with Crippen LogP contribution in [0.25, 0.3) is 11.1 Å². The predicted molar refractivity (Wildman–Crippen MR) is 128 cm³/mol. The van der Waals surface area contributed by atoms with Crippen molar-refractivity contribution in [3.8, 4) is 16.9 Å². The molecule has 7 heteroatoms. The third kappa shape index (κ3) is 6.24. The molecule has 1 aromatic carbocycles. The molecule has 0 fully saturated rings. The molecular weight excluding hydrogens is 418 g/mol. The SMILES string of the molecule is Cc1cc(-c2ccnc3c2C(=O)NC3)ccc1OCC(C)(CC(C)C)NC(=O)OC(C)(C)C. The van der Waals surface area contributed by atoms with Crippen molar-refractivity contribution in [3.63, 3.8) is 0 Å². The first kappa shape index (κ1) is 24.6. The molecular formula is C26H35N3O4. The van der Waals surface area contributed by atoms with Gasteiger partial charge >= 0.3 is 6.09 Å². The van der Waals surface area contributed by atoms with Gasteiger partial charge in [-0.2, -0.15) is 0 Å². The van der Waals surface area contributed by atoms with Gasteiger partial charge in [0.15, 0.2) is 0 Å². The quantitative estimate of drug-likeness (QED) is 0.615. The summed E-state index contributed by atoms with van der Waals surface area (Å²) in [6, 6.07) is 7.74. The number of alkyl carbamates (subject to hydrolysis) is 1. The molecule has 0 aliphatic carbocycles. The number of nitrogens with one attached hydrogen (secondary N) is 2. The van der Waals surface area contributed by atoms with E-state index in [2.05, 4.69) is 29.5 Å². The molecule has 1 aliphatic heterocycles. The molecule has 0 saturated carbocycles. The van der Waals surface area contributed by atoms with E-state index in [-0.39, 0.29) is 5.91 Å². The Morgan fingerprint density at radius 2 is 1.94 bits per heavy atom. The zero-order valence-corrected chi connectivity index (χ0v) is 20.7. The topological polar surface area (TPSA) is 89.5 Å². The van der Waals surface area contributed by atoms with Crippen LogP contribution in [0.4, 0.5) is 4.79 Å². The van der Waals surface area contributed by atoms with Crippen LogP contribution in [0.1, 0.15) is 69.6 Å². The second-order valence-corrected chi connectivity index (χ2v) is 10.4. The van der Waals surface area contributed by atoms with Crippen molar-refractivity contribution < 1.29 is 19.1 Å². The molecule has 0 spiro atoms. The van der Waals surface area contributed by atoms with Crippen molar-refractivity contribution in [1.29, 1.82) is 0 Å². The fourth-order valence-corrected chi connectivity index (χ4v) is 4.20. The van der Waals surface area contributed by atoms with Gasteiger partial charge in [-0.3, -0.25) is 9.78 Å². The highest BCUT2D eigenvalue weighted by atomic mass is 16.6. The summed E-state index contributed by atoms with van der Waals surface area (Å²) in [5.74, 6) is 0.996. The molecule has 1 aliphatic rings. The Bertz CT molecular complexity index is 1040. The number of benzene rings is 1. The zero-order chi connectivity index (χ0) is 24.4. The van der Waals surface area contributed by atoms with Crippen molar-refractivity contribution in [2.75, 3.05) is 6.61 Å². The number of ether oxygens (including phenoxy) is 2. The van der Waals surface area contributed by atoms with Gasteiger partial charge in [-0.05, 0) is 81.8 Å². The number of aromatic nitrogens is 1. The van der Waals surface area contributed by atoms with Crippen LogP contribution in [0, 0.1) is 12.8 Å². The standard InChI is InChI=1S/C26H35N3O4/c1-16(2)13-26(7,29-24(31)33-25(4,5)6)15-32-21-9-8-18(12-17(21)3)19-10-11-27-20-14-28-23(30)22(19)20/h8-12,16H,13-15H2,1-7H3,(H,28,30)(H,29,31). The van der Waals surface area contributed by atoms with E-state index in [1.165, 1.54) is 0 Å². The summed E-state index contributed by atoms with van der Waals surface area (Å²) in [5, 5.41) is 5.84. The number of rotatable bonds is 7. The minimum Gasteiger partial charge on any atom is -0.491 e. The highest BCUT2D eigenvalue weighted by molar-refractivity contribution is 6.04. The number of aryl methyl sites for hydroxylation is 1. The van der Waals surface area contributed by atoms with Gasteiger partial charge in [0, 0.05) is 6.20 Å². The maximum absolute atomic E-state index is 12.4. The van der Waals surface area contributed by atoms with Gasteiger partial charge in [-0.1, -0.05) is 19.9 Å². The Labute approximate surface area is 196 Å². The maximum Gasteiger partial charge on any atom is 0.408 e. The lowest BCUT2D eigenvalue weighted by molar-refractivity contribution is 0.0407. The number of fused-ring (bicyclic) bond motifs is 1. The van der Waals surface area contributed by atoms with Crippen molar-refractivity contribution in [3.05, 3.63) is 47.3 Å². The summed E-state index contributed by atoms with van der Waals surface area (Å²) in [6.45, 7) is 14.5. The number of carbonyl (C=O) groups is 2. The van der Waals surface area contributed by atoms with Crippen LogP contribution in [-0.2, 0) is 11.3 Å². The molecule has 1 atom stereocenters. The van der Waals surface area contributed by atoms with Crippen LogP contribution in [-0.4, -0.2) is 34.7 Å². The molecule has 2 aromatic rings. The number of hydrogen-bond donors (Lipinski definition) is 2. The molecule has 1 aromatic heterocycles. The highest BCUT2D eigenvalue weighted by Crippen LogP contribution is 2.32. The van der Waals surface area contributed by atoms with E-state index < -0.39 is 17.2 Å². The van der Waals surface area contributed by atoms with Gasteiger partial charge in [0.1, 0.15) is 18.0 Å². The summed E-state index contributed by atoms with van der Waals surface area (Å²) in [6.07, 6.45) is 2.02. The smallest absolute Gasteiger partial charge is 0.408 e. The first-order valence-electron chi connectivity index (χ1n) is 11.4. The third-order valence-corrected chi connectivity index (χ3v) is 5.37. The molecule has 7 nitrogen and oxygen atoms in total. The van der Waals surface area contributed by atoms with Gasteiger partial charge in [0.05, 0.1) is 23.3 Å². The van der Waals surface area contributed by atoms with Gasteiger partial charge in [0.2, 0.25) is 0 Å². The van der Waals surface area contributed by atoms with Crippen LogP contribution in [0.15, 0.2) is 30.5 Å². The van der Waals surface area contributed by atoms with Gasteiger partial charge in [-0.15, -0.1) is 0 Å². The average Bonchev–Trinajstić information content (AvgIpc) is 3.06. The van der Waals surface area contributed by atoms with Crippen molar-refractivity contribution in [2.45, 2.75) is 72.6 Å². The Hall–Kier alpha value is -3.09. The summed E-state index contributed by atoms with van der Waals surface area (Å²) in [4.78, 5) is 29.0. The fourth-order valence-electron chi connectivity index (χ4n) is 4.20. The molecule has 1 unspecified atom stereocenters. The van der Waals surface area contributed by atoms with Crippen molar-refractivity contribution >= 4 is 12.0 Å². The molecule has 2 heterocycles.